The molecule has 0 aliphatic carbocycles. The quantitative estimate of drug-likeness (QED) is 0.868. The maximum atomic E-state index is 12.4. The standard InChI is InChI=1S/C18H26N2O3/c1-4-23-17(21)15-9-11-20(12-10-15)18(22)19-14(3)16-8-6-5-7-13(16)2/h5-8,14-15H,4,9-12H2,1-3H3,(H,19,22). The molecule has 1 aliphatic heterocycles. The number of likely N-dealkylation sites (tertiary alicyclic amines) is 1. The molecule has 2 rings (SSSR count). The number of ether oxygens (including phenoxy) is 1. The summed E-state index contributed by atoms with van der Waals surface area (Å²) in [7, 11) is 0. The van der Waals surface area contributed by atoms with E-state index in [0.29, 0.717) is 32.5 Å². The highest BCUT2D eigenvalue weighted by atomic mass is 16.5. The molecule has 2 amide bonds. The predicted octanol–water partition coefficient (Wildman–Crippen LogP) is 3.04. The molecule has 1 aromatic carbocycles. The number of nitrogens with one attached hydrogen (secondary N) is 1. The van der Waals surface area contributed by atoms with Gasteiger partial charge in [0.1, 0.15) is 0 Å². The summed E-state index contributed by atoms with van der Waals surface area (Å²) in [6.45, 7) is 7.45. The number of carbonyl (C=O) groups excluding carboxylic acids is 2. The van der Waals surface area contributed by atoms with Crippen molar-refractivity contribution in [1.82, 2.24) is 10.2 Å². The Morgan fingerprint density at radius 1 is 1.30 bits per heavy atom. The van der Waals surface area contributed by atoms with Crippen LogP contribution in [-0.2, 0) is 9.53 Å². The molecule has 1 atom stereocenters. The maximum Gasteiger partial charge on any atom is 0.317 e. The minimum absolute atomic E-state index is 0.0357. The van der Waals surface area contributed by atoms with Gasteiger partial charge in [0.05, 0.1) is 18.6 Å². The van der Waals surface area contributed by atoms with Crippen molar-refractivity contribution in [2.45, 2.75) is 39.7 Å². The molecule has 0 bridgehead atoms. The number of hydrogen-bond donors (Lipinski definition) is 1. The Kier molecular flexibility index (Phi) is 6.02. The summed E-state index contributed by atoms with van der Waals surface area (Å²) in [6, 6.07) is 7.95. The lowest BCUT2D eigenvalue weighted by atomic mass is 9.97. The normalized spacial score (nSPS) is 16.7. The summed E-state index contributed by atoms with van der Waals surface area (Å²) in [5.41, 5.74) is 2.29. The maximum absolute atomic E-state index is 12.4. The first-order chi connectivity index (χ1) is 11.0. The zero-order chi connectivity index (χ0) is 16.8. The Hall–Kier alpha value is -2.04. The Morgan fingerprint density at radius 3 is 2.57 bits per heavy atom. The van der Waals surface area contributed by atoms with Crippen LogP contribution in [0.5, 0.6) is 0 Å². The number of urea groups is 1. The lowest BCUT2D eigenvalue weighted by Crippen LogP contribution is -2.46. The van der Waals surface area contributed by atoms with E-state index in [0.717, 1.165) is 5.56 Å². The number of piperidine rings is 1. The largest absolute Gasteiger partial charge is 0.466 e. The summed E-state index contributed by atoms with van der Waals surface area (Å²) in [6.07, 6.45) is 1.34. The van der Waals surface area contributed by atoms with Crippen LogP contribution in [0.4, 0.5) is 4.79 Å². The van der Waals surface area contributed by atoms with Crippen LogP contribution in [0.15, 0.2) is 24.3 Å². The molecule has 1 fully saturated rings. The topological polar surface area (TPSA) is 58.6 Å². The molecule has 1 aromatic rings. The van der Waals surface area contributed by atoms with Crippen LogP contribution < -0.4 is 5.32 Å². The number of nitrogens with zero attached hydrogens (tertiary/aromatic N) is 1. The van der Waals surface area contributed by atoms with Crippen LogP contribution in [0.3, 0.4) is 0 Å². The molecule has 0 radical (unpaired) electrons. The van der Waals surface area contributed by atoms with Crippen LogP contribution in [0.2, 0.25) is 0 Å². The third kappa shape index (κ3) is 4.47. The first-order valence-corrected chi connectivity index (χ1v) is 8.30. The number of amides is 2. The molecule has 0 spiro atoms. The Morgan fingerprint density at radius 2 is 1.96 bits per heavy atom. The molecule has 1 saturated heterocycles. The Balaban J connectivity index is 1.86. The van der Waals surface area contributed by atoms with Crippen LogP contribution in [-0.4, -0.2) is 36.6 Å². The fraction of sp³-hybridized carbons (Fsp3) is 0.556. The second kappa shape index (κ2) is 7.99. The van der Waals surface area contributed by atoms with E-state index in [1.807, 2.05) is 45.0 Å². The molecule has 126 valence electrons. The average molecular weight is 318 g/mol. The second-order valence-electron chi connectivity index (χ2n) is 6.04. The fourth-order valence-electron chi connectivity index (χ4n) is 3.01. The van der Waals surface area contributed by atoms with E-state index < -0.39 is 0 Å². The van der Waals surface area contributed by atoms with Gasteiger partial charge in [0.2, 0.25) is 0 Å². The molecule has 5 heteroatoms. The molecular weight excluding hydrogens is 292 g/mol. The van der Waals surface area contributed by atoms with Crippen molar-refractivity contribution in [2.24, 2.45) is 5.92 Å². The molecule has 1 aliphatic rings. The number of hydrogen-bond acceptors (Lipinski definition) is 3. The van der Waals surface area contributed by atoms with Gasteiger partial charge in [-0.2, -0.15) is 0 Å². The molecule has 5 nitrogen and oxygen atoms in total. The fourth-order valence-corrected chi connectivity index (χ4v) is 3.01. The molecule has 0 saturated carbocycles. The van der Waals surface area contributed by atoms with Gasteiger partial charge < -0.3 is 15.0 Å². The minimum atomic E-state index is -0.138. The first kappa shape index (κ1) is 17.3. The molecule has 1 N–H and O–H groups in total. The highest BCUT2D eigenvalue weighted by Gasteiger charge is 2.28. The Bertz CT molecular complexity index is 551. The van der Waals surface area contributed by atoms with Crippen LogP contribution >= 0.6 is 0 Å². The van der Waals surface area contributed by atoms with Gasteiger partial charge in [0, 0.05) is 13.1 Å². The summed E-state index contributed by atoms with van der Waals surface area (Å²) < 4.78 is 5.05. The lowest BCUT2D eigenvalue weighted by Gasteiger charge is -2.32. The van der Waals surface area contributed by atoms with Gasteiger partial charge in [-0.3, -0.25) is 4.79 Å². The number of esters is 1. The summed E-state index contributed by atoms with van der Waals surface area (Å²) in [5.74, 6) is -0.214. The summed E-state index contributed by atoms with van der Waals surface area (Å²) in [4.78, 5) is 25.9. The van der Waals surface area contributed by atoms with Gasteiger partial charge in [-0.15, -0.1) is 0 Å². The van der Waals surface area contributed by atoms with Crippen LogP contribution in [0.25, 0.3) is 0 Å². The zero-order valence-electron chi connectivity index (χ0n) is 14.2. The van der Waals surface area contributed by atoms with Gasteiger partial charge in [-0.05, 0) is 44.7 Å². The van der Waals surface area contributed by atoms with E-state index in [1.54, 1.807) is 4.90 Å². The van der Waals surface area contributed by atoms with Gasteiger partial charge >= 0.3 is 12.0 Å². The number of rotatable bonds is 4. The molecule has 0 aromatic heterocycles. The van der Waals surface area contributed by atoms with Crippen molar-refractivity contribution < 1.29 is 14.3 Å². The van der Waals surface area contributed by atoms with Gasteiger partial charge in [0.25, 0.3) is 0 Å². The van der Waals surface area contributed by atoms with Crippen molar-refractivity contribution in [3.05, 3.63) is 35.4 Å². The second-order valence-corrected chi connectivity index (χ2v) is 6.04. The lowest BCUT2D eigenvalue weighted by molar-refractivity contribution is -0.149. The van der Waals surface area contributed by atoms with E-state index in [4.69, 9.17) is 4.74 Å². The van der Waals surface area contributed by atoms with Crippen molar-refractivity contribution in [3.8, 4) is 0 Å². The van der Waals surface area contributed by atoms with Crippen molar-refractivity contribution >= 4 is 12.0 Å². The average Bonchev–Trinajstić information content (AvgIpc) is 2.55. The third-order valence-corrected chi connectivity index (χ3v) is 4.40. The smallest absolute Gasteiger partial charge is 0.317 e. The predicted molar refractivity (Wildman–Crippen MR) is 89.1 cm³/mol. The van der Waals surface area contributed by atoms with Crippen molar-refractivity contribution in [3.63, 3.8) is 0 Å². The Labute approximate surface area is 138 Å². The van der Waals surface area contributed by atoms with Gasteiger partial charge in [-0.25, -0.2) is 4.79 Å². The van der Waals surface area contributed by atoms with E-state index in [2.05, 4.69) is 5.32 Å². The van der Waals surface area contributed by atoms with Crippen molar-refractivity contribution in [1.29, 1.82) is 0 Å². The SMILES string of the molecule is CCOC(=O)C1CCN(C(=O)NC(C)c2ccccc2C)CC1. The van der Waals surface area contributed by atoms with E-state index in [9.17, 15) is 9.59 Å². The number of benzene rings is 1. The van der Waals surface area contributed by atoms with E-state index >= 15 is 0 Å². The highest BCUT2D eigenvalue weighted by Crippen LogP contribution is 2.20. The summed E-state index contributed by atoms with van der Waals surface area (Å²) >= 11 is 0. The first-order valence-electron chi connectivity index (χ1n) is 8.30. The van der Waals surface area contributed by atoms with Crippen molar-refractivity contribution in [2.75, 3.05) is 19.7 Å². The zero-order valence-corrected chi connectivity index (χ0v) is 14.2. The number of aryl methyl sites for hydroxylation is 1. The summed E-state index contributed by atoms with van der Waals surface area (Å²) in [5, 5.41) is 3.05. The number of carbonyl (C=O) groups is 2. The molecular formula is C18H26N2O3. The highest BCUT2D eigenvalue weighted by molar-refractivity contribution is 5.76. The van der Waals surface area contributed by atoms with E-state index in [-0.39, 0.29) is 24.0 Å². The molecule has 23 heavy (non-hydrogen) atoms. The van der Waals surface area contributed by atoms with Crippen LogP contribution in [0.1, 0.15) is 43.9 Å². The van der Waals surface area contributed by atoms with Gasteiger partial charge in [-0.1, -0.05) is 24.3 Å². The minimum Gasteiger partial charge on any atom is -0.466 e. The monoisotopic (exact) mass is 318 g/mol. The van der Waals surface area contributed by atoms with E-state index in [1.165, 1.54) is 5.56 Å². The molecule has 1 unspecified atom stereocenters. The molecule has 1 heterocycles. The van der Waals surface area contributed by atoms with Gasteiger partial charge in [0.15, 0.2) is 0 Å². The van der Waals surface area contributed by atoms with Crippen LogP contribution in [0, 0.1) is 12.8 Å². The third-order valence-electron chi connectivity index (χ3n) is 4.40.